The minimum absolute atomic E-state index is 0.00766. The Kier molecular flexibility index (Phi) is 11.7. The molecule has 7 heteroatoms. The number of unbranched alkanes of at least 4 members (excludes halogenated alkanes) is 5. The van der Waals surface area contributed by atoms with Gasteiger partial charge in [0.2, 0.25) is 0 Å². The lowest BCUT2D eigenvalue weighted by Gasteiger charge is -2.22. The molecule has 0 spiro atoms. The molecular formula is C27H39F2NO4. The maximum atomic E-state index is 14.0. The van der Waals surface area contributed by atoms with Crippen LogP contribution in [0.3, 0.4) is 0 Å². The summed E-state index contributed by atoms with van der Waals surface area (Å²) in [6, 6.07) is 9.60. The van der Waals surface area contributed by atoms with Crippen LogP contribution in [0.1, 0.15) is 76.7 Å². The number of likely N-dealkylation sites (tertiary alicyclic amines) is 1. The molecule has 2 N–H and O–H groups in total. The second kappa shape index (κ2) is 14.2. The minimum atomic E-state index is -3.38. The van der Waals surface area contributed by atoms with Crippen molar-refractivity contribution in [2.75, 3.05) is 6.54 Å². The number of carbonyl (C=O) groups is 2. The third-order valence-corrected chi connectivity index (χ3v) is 6.56. The second-order valence-corrected chi connectivity index (χ2v) is 9.47. The lowest BCUT2D eigenvalue weighted by Crippen LogP contribution is -2.36. The molecule has 5 nitrogen and oxygen atoms in total. The van der Waals surface area contributed by atoms with Crippen LogP contribution in [-0.4, -0.2) is 51.6 Å². The smallest absolute Gasteiger partial charge is 0.327 e. The van der Waals surface area contributed by atoms with Crippen molar-refractivity contribution in [1.29, 1.82) is 0 Å². The van der Waals surface area contributed by atoms with Gasteiger partial charge in [-0.05, 0) is 43.6 Å². The number of aliphatic hydroxyl groups is 1. The molecule has 0 saturated carbocycles. The van der Waals surface area contributed by atoms with E-state index in [1.54, 1.807) is 12.2 Å². The average molecular weight is 480 g/mol. The van der Waals surface area contributed by atoms with Crippen molar-refractivity contribution in [2.24, 2.45) is 5.92 Å². The summed E-state index contributed by atoms with van der Waals surface area (Å²) < 4.78 is 28.1. The first kappa shape index (κ1) is 28.0. The molecule has 2 rings (SSSR count). The number of nitrogens with zero attached hydrogens (tertiary/aromatic N) is 1. The summed E-state index contributed by atoms with van der Waals surface area (Å²) in [6.45, 7) is 2.17. The van der Waals surface area contributed by atoms with Crippen molar-refractivity contribution >= 4 is 11.9 Å². The Morgan fingerprint density at radius 3 is 2.50 bits per heavy atom. The van der Waals surface area contributed by atoms with Gasteiger partial charge in [0, 0.05) is 19.4 Å². The standard InChI is InChI=1S/C27H39F2NO4/c1-21(12-6-4-7-13-22-14-8-5-9-15-22)24(31)18-17-23-20-27(28,29)26(34)30(23)19-11-3-2-10-16-25(32)33/h5,8-9,14-15,17-18,21,23-24,31H,2-4,6-7,10-13,16,19-20H2,1H3,(H,32,33)/b18-17+/t21-,23-,24+/m0/s1. The molecule has 1 amide bonds. The van der Waals surface area contributed by atoms with Gasteiger partial charge in [0.05, 0.1) is 12.1 Å². The zero-order chi connectivity index (χ0) is 25.0. The maximum absolute atomic E-state index is 14.0. The zero-order valence-corrected chi connectivity index (χ0v) is 20.2. The summed E-state index contributed by atoms with van der Waals surface area (Å²) in [4.78, 5) is 23.9. The fourth-order valence-corrected chi connectivity index (χ4v) is 4.39. The van der Waals surface area contributed by atoms with Crippen LogP contribution >= 0.6 is 0 Å². The minimum Gasteiger partial charge on any atom is -0.481 e. The molecule has 1 aromatic rings. The number of carbonyl (C=O) groups excluding carboxylic acids is 1. The van der Waals surface area contributed by atoms with E-state index in [9.17, 15) is 23.5 Å². The number of aliphatic hydroxyl groups excluding tert-OH is 1. The van der Waals surface area contributed by atoms with Crippen molar-refractivity contribution in [2.45, 2.75) is 95.6 Å². The van der Waals surface area contributed by atoms with Gasteiger partial charge in [-0.3, -0.25) is 9.59 Å². The van der Waals surface area contributed by atoms with E-state index in [1.165, 1.54) is 10.5 Å². The highest BCUT2D eigenvalue weighted by Gasteiger charge is 2.52. The Labute approximate surface area is 201 Å². The number of rotatable bonds is 16. The molecule has 1 heterocycles. The maximum Gasteiger partial charge on any atom is 0.327 e. The van der Waals surface area contributed by atoms with Gasteiger partial charge in [0.25, 0.3) is 5.91 Å². The van der Waals surface area contributed by atoms with Crippen LogP contribution in [0.2, 0.25) is 0 Å². The number of aryl methyl sites for hydroxylation is 1. The molecule has 0 aromatic heterocycles. The average Bonchev–Trinajstić information content (AvgIpc) is 3.02. The van der Waals surface area contributed by atoms with Crippen LogP contribution in [0.15, 0.2) is 42.5 Å². The van der Waals surface area contributed by atoms with E-state index in [0.717, 1.165) is 32.1 Å². The second-order valence-electron chi connectivity index (χ2n) is 9.47. The van der Waals surface area contributed by atoms with E-state index in [0.29, 0.717) is 25.7 Å². The van der Waals surface area contributed by atoms with Gasteiger partial charge in [-0.2, -0.15) is 8.78 Å². The number of amides is 1. The van der Waals surface area contributed by atoms with Crippen LogP contribution in [0.5, 0.6) is 0 Å². The first-order valence-electron chi connectivity index (χ1n) is 12.5. The number of carboxylic acids is 1. The van der Waals surface area contributed by atoms with Crippen LogP contribution in [0.25, 0.3) is 0 Å². The first-order chi connectivity index (χ1) is 16.2. The van der Waals surface area contributed by atoms with Gasteiger partial charge < -0.3 is 15.1 Å². The topological polar surface area (TPSA) is 77.8 Å². The molecular weight excluding hydrogens is 440 g/mol. The van der Waals surface area contributed by atoms with E-state index in [4.69, 9.17) is 5.11 Å². The molecule has 3 atom stereocenters. The summed E-state index contributed by atoms with van der Waals surface area (Å²) >= 11 is 0. The molecule has 190 valence electrons. The lowest BCUT2D eigenvalue weighted by atomic mass is 9.95. The van der Waals surface area contributed by atoms with Crippen LogP contribution < -0.4 is 0 Å². The molecule has 1 saturated heterocycles. The number of hydrogen-bond donors (Lipinski definition) is 2. The molecule has 1 aliphatic rings. The first-order valence-corrected chi connectivity index (χ1v) is 12.5. The lowest BCUT2D eigenvalue weighted by molar-refractivity contribution is -0.148. The van der Waals surface area contributed by atoms with Crippen molar-refractivity contribution in [3.05, 3.63) is 48.0 Å². The van der Waals surface area contributed by atoms with E-state index in [2.05, 4.69) is 12.1 Å². The summed E-state index contributed by atoms with van der Waals surface area (Å²) in [5, 5.41) is 19.2. The fraction of sp³-hybridized carbons (Fsp3) is 0.630. The number of benzene rings is 1. The van der Waals surface area contributed by atoms with Gasteiger partial charge in [-0.1, -0.05) is 75.1 Å². The number of carboxylic acid groups (broad SMARTS) is 1. The van der Waals surface area contributed by atoms with Gasteiger partial charge >= 0.3 is 11.9 Å². The summed E-state index contributed by atoms with van der Waals surface area (Å²) in [5.41, 5.74) is 1.33. The van der Waals surface area contributed by atoms with E-state index in [-0.39, 0.29) is 18.9 Å². The van der Waals surface area contributed by atoms with Crippen molar-refractivity contribution in [1.82, 2.24) is 4.90 Å². The van der Waals surface area contributed by atoms with Crippen molar-refractivity contribution in [3.63, 3.8) is 0 Å². The third-order valence-electron chi connectivity index (χ3n) is 6.56. The number of alkyl halides is 2. The number of hydrogen-bond acceptors (Lipinski definition) is 3. The fourth-order valence-electron chi connectivity index (χ4n) is 4.39. The van der Waals surface area contributed by atoms with Crippen LogP contribution in [0, 0.1) is 5.92 Å². The van der Waals surface area contributed by atoms with Gasteiger partial charge in [0.15, 0.2) is 0 Å². The molecule has 0 radical (unpaired) electrons. The Morgan fingerprint density at radius 2 is 1.79 bits per heavy atom. The Morgan fingerprint density at radius 1 is 1.12 bits per heavy atom. The van der Waals surface area contributed by atoms with E-state index >= 15 is 0 Å². The molecule has 1 aliphatic heterocycles. The highest BCUT2D eigenvalue weighted by Crippen LogP contribution is 2.34. The zero-order valence-electron chi connectivity index (χ0n) is 20.2. The number of halogens is 2. The summed E-state index contributed by atoms with van der Waals surface area (Å²) in [6.07, 6.45) is 9.40. The quantitative estimate of drug-likeness (QED) is 0.238. The van der Waals surface area contributed by atoms with Gasteiger partial charge in [0.1, 0.15) is 0 Å². The third kappa shape index (κ3) is 9.53. The largest absolute Gasteiger partial charge is 0.481 e. The van der Waals surface area contributed by atoms with Gasteiger partial charge in [-0.25, -0.2) is 0 Å². The molecule has 1 aromatic carbocycles. The Balaban J connectivity index is 1.73. The predicted molar refractivity (Wildman–Crippen MR) is 129 cm³/mol. The van der Waals surface area contributed by atoms with Gasteiger partial charge in [-0.15, -0.1) is 0 Å². The normalized spacial score (nSPS) is 19.6. The molecule has 0 aliphatic carbocycles. The van der Waals surface area contributed by atoms with E-state index < -0.39 is 36.4 Å². The Bertz CT molecular complexity index is 784. The Hall–Kier alpha value is -2.28. The predicted octanol–water partition coefficient (Wildman–Crippen LogP) is 5.61. The summed E-state index contributed by atoms with van der Waals surface area (Å²) in [5.74, 6) is -5.38. The number of aliphatic carboxylic acids is 1. The molecule has 0 unspecified atom stereocenters. The van der Waals surface area contributed by atoms with Crippen LogP contribution in [0.4, 0.5) is 8.78 Å². The molecule has 1 fully saturated rings. The summed E-state index contributed by atoms with van der Waals surface area (Å²) in [7, 11) is 0. The highest BCUT2D eigenvalue weighted by molar-refractivity contribution is 5.86. The van der Waals surface area contributed by atoms with Crippen LogP contribution in [-0.2, 0) is 16.0 Å². The van der Waals surface area contributed by atoms with E-state index in [1.807, 2.05) is 25.1 Å². The van der Waals surface area contributed by atoms with Crippen molar-refractivity contribution < 1.29 is 28.6 Å². The highest BCUT2D eigenvalue weighted by atomic mass is 19.3. The molecule has 0 bridgehead atoms. The molecule has 34 heavy (non-hydrogen) atoms. The monoisotopic (exact) mass is 479 g/mol. The van der Waals surface area contributed by atoms with Crippen molar-refractivity contribution in [3.8, 4) is 0 Å². The SMILES string of the molecule is C[C@@H](CCCCCc1ccccc1)[C@H](O)/C=C/[C@H]1CC(F)(F)C(=O)N1CCCCCCC(=O)O.